The third kappa shape index (κ3) is 5.77. The topological polar surface area (TPSA) is 79.0 Å². The maximum atomic E-state index is 14.1. The fourth-order valence-corrected chi connectivity index (χ4v) is 6.47. The Kier molecular flexibility index (Phi) is 8.25. The van der Waals surface area contributed by atoms with Crippen molar-refractivity contribution in [3.63, 3.8) is 0 Å². The lowest BCUT2D eigenvalue weighted by atomic mass is 9.96. The number of carbonyl (C=O) groups excluding carboxylic acids is 1. The van der Waals surface area contributed by atoms with E-state index in [1.807, 2.05) is 36.4 Å². The van der Waals surface area contributed by atoms with E-state index in [1.165, 1.54) is 47.8 Å². The molecule has 7 nitrogen and oxygen atoms in total. The predicted octanol–water partition coefficient (Wildman–Crippen LogP) is 5.18. The first-order valence-electron chi connectivity index (χ1n) is 13.0. The lowest BCUT2D eigenvalue weighted by Gasteiger charge is -2.39. The van der Waals surface area contributed by atoms with Crippen LogP contribution in [0.2, 0.25) is 0 Å². The van der Waals surface area contributed by atoms with Crippen LogP contribution in [0.4, 0.5) is 10.1 Å². The highest BCUT2D eigenvalue weighted by molar-refractivity contribution is 7.89. The first-order chi connectivity index (χ1) is 19.4. The fourth-order valence-electron chi connectivity index (χ4n) is 5.02. The van der Waals surface area contributed by atoms with E-state index >= 15 is 0 Å². The van der Waals surface area contributed by atoms with Gasteiger partial charge in [0, 0.05) is 26.2 Å². The molecule has 4 aromatic rings. The molecule has 206 valence electrons. The number of anilines is 1. The number of hydrogen-bond donors (Lipinski definition) is 1. The number of amides is 1. The van der Waals surface area contributed by atoms with E-state index < -0.39 is 21.7 Å². The van der Waals surface area contributed by atoms with Gasteiger partial charge in [0.25, 0.3) is 5.91 Å². The van der Waals surface area contributed by atoms with Gasteiger partial charge in [-0.3, -0.25) is 9.69 Å². The number of rotatable bonds is 8. The molecule has 1 heterocycles. The molecule has 5 rings (SSSR count). The van der Waals surface area contributed by atoms with E-state index in [0.717, 1.165) is 11.1 Å². The number of carbonyl (C=O) groups is 1. The number of nitrogens with one attached hydrogen (secondary N) is 1. The normalized spacial score (nSPS) is 14.7. The van der Waals surface area contributed by atoms with Crippen LogP contribution >= 0.6 is 0 Å². The predicted molar refractivity (Wildman–Crippen MR) is 152 cm³/mol. The van der Waals surface area contributed by atoms with Gasteiger partial charge in [-0.1, -0.05) is 72.8 Å². The number of hydrogen-bond acceptors (Lipinski definition) is 5. The summed E-state index contributed by atoms with van der Waals surface area (Å²) in [4.78, 5) is 15.0. The largest absolute Gasteiger partial charge is 0.495 e. The zero-order valence-corrected chi connectivity index (χ0v) is 22.9. The molecule has 4 aromatic carbocycles. The minimum atomic E-state index is -3.87. The van der Waals surface area contributed by atoms with Crippen LogP contribution in [0, 0.1) is 5.82 Å². The average molecular weight is 560 g/mol. The highest BCUT2D eigenvalue weighted by Crippen LogP contribution is 2.32. The van der Waals surface area contributed by atoms with Gasteiger partial charge in [-0.15, -0.1) is 0 Å². The molecule has 1 saturated heterocycles. The van der Waals surface area contributed by atoms with Gasteiger partial charge in [0.05, 0.1) is 29.3 Å². The van der Waals surface area contributed by atoms with Gasteiger partial charge in [0.2, 0.25) is 10.0 Å². The van der Waals surface area contributed by atoms with Crippen LogP contribution in [0.5, 0.6) is 5.75 Å². The number of nitrogens with zero attached hydrogens (tertiary/aromatic N) is 2. The second-order valence-corrected chi connectivity index (χ2v) is 11.4. The minimum Gasteiger partial charge on any atom is -0.495 e. The summed E-state index contributed by atoms with van der Waals surface area (Å²) in [6.45, 7) is 1.70. The van der Waals surface area contributed by atoms with E-state index in [2.05, 4.69) is 34.5 Å². The van der Waals surface area contributed by atoms with E-state index in [4.69, 9.17) is 4.74 Å². The second-order valence-electron chi connectivity index (χ2n) is 9.46. The zero-order valence-electron chi connectivity index (χ0n) is 22.0. The van der Waals surface area contributed by atoms with E-state index in [9.17, 15) is 17.6 Å². The Morgan fingerprint density at radius 2 is 1.40 bits per heavy atom. The third-order valence-electron chi connectivity index (χ3n) is 7.04. The summed E-state index contributed by atoms with van der Waals surface area (Å²) in [5.74, 6) is -1.11. The Morgan fingerprint density at radius 3 is 1.98 bits per heavy atom. The van der Waals surface area contributed by atoms with Crippen LogP contribution < -0.4 is 10.1 Å². The van der Waals surface area contributed by atoms with Crippen molar-refractivity contribution >= 4 is 21.6 Å². The van der Waals surface area contributed by atoms with Crippen LogP contribution in [-0.2, 0) is 10.0 Å². The van der Waals surface area contributed by atoms with Crippen LogP contribution in [0.1, 0.15) is 27.5 Å². The average Bonchev–Trinajstić information content (AvgIpc) is 2.99. The number of benzene rings is 4. The highest BCUT2D eigenvalue weighted by Gasteiger charge is 2.32. The SMILES string of the molecule is COc1ccc(S(=O)(=O)N2CCN(C(c3ccccc3)c3ccccc3)CC2)cc1NC(=O)c1ccccc1F. The fraction of sp³-hybridized carbons (Fsp3) is 0.194. The monoisotopic (exact) mass is 559 g/mol. The molecule has 0 aromatic heterocycles. The summed E-state index contributed by atoms with van der Waals surface area (Å²) in [6.07, 6.45) is 0. The van der Waals surface area contributed by atoms with Crippen LogP contribution in [0.3, 0.4) is 0 Å². The van der Waals surface area contributed by atoms with Crippen molar-refractivity contribution in [1.29, 1.82) is 0 Å². The maximum absolute atomic E-state index is 14.1. The lowest BCUT2D eigenvalue weighted by Crippen LogP contribution is -2.49. The number of halogens is 1. The Balaban J connectivity index is 1.35. The van der Waals surface area contributed by atoms with Crippen molar-refractivity contribution < 1.29 is 22.3 Å². The Bertz CT molecular complexity index is 1540. The standard InChI is InChI=1S/C31H30FN3O4S/c1-39-29-17-16-25(22-28(29)33-31(36)26-14-8-9-15-27(26)32)40(37,38)35-20-18-34(19-21-35)30(23-10-4-2-5-11-23)24-12-6-3-7-13-24/h2-17,22,30H,18-21H2,1H3,(H,33,36). The molecule has 0 unspecified atom stereocenters. The zero-order chi connectivity index (χ0) is 28.1. The summed E-state index contributed by atoms with van der Waals surface area (Å²) in [6, 6.07) is 30.3. The van der Waals surface area contributed by atoms with Gasteiger partial charge < -0.3 is 10.1 Å². The van der Waals surface area contributed by atoms with E-state index in [0.29, 0.717) is 26.2 Å². The number of methoxy groups -OCH3 is 1. The molecule has 1 N–H and O–H groups in total. The van der Waals surface area contributed by atoms with Crippen LogP contribution in [0.25, 0.3) is 0 Å². The number of sulfonamides is 1. The molecule has 1 fully saturated rings. The quantitative estimate of drug-likeness (QED) is 0.322. The summed E-state index contributed by atoms with van der Waals surface area (Å²) in [7, 11) is -2.46. The van der Waals surface area contributed by atoms with Crippen molar-refractivity contribution in [2.24, 2.45) is 0 Å². The molecule has 9 heteroatoms. The molecule has 0 radical (unpaired) electrons. The van der Waals surface area contributed by atoms with Gasteiger partial charge in [-0.25, -0.2) is 12.8 Å². The van der Waals surface area contributed by atoms with Gasteiger partial charge >= 0.3 is 0 Å². The summed E-state index contributed by atoms with van der Waals surface area (Å²) in [5.41, 5.74) is 2.29. The summed E-state index contributed by atoms with van der Waals surface area (Å²) in [5, 5.41) is 2.60. The second kappa shape index (κ2) is 12.0. The molecule has 1 amide bonds. The molecule has 0 bridgehead atoms. The molecular weight excluding hydrogens is 529 g/mol. The molecule has 0 atom stereocenters. The Labute approximate surface area is 233 Å². The molecule has 0 aliphatic carbocycles. The van der Waals surface area contributed by atoms with Gasteiger partial charge in [-0.05, 0) is 41.5 Å². The Hall–Kier alpha value is -4.05. The summed E-state index contributed by atoms with van der Waals surface area (Å²) >= 11 is 0. The first kappa shape index (κ1) is 27.5. The van der Waals surface area contributed by atoms with Crippen LogP contribution in [0.15, 0.2) is 108 Å². The maximum Gasteiger partial charge on any atom is 0.258 e. The van der Waals surface area contributed by atoms with Crippen molar-refractivity contribution in [1.82, 2.24) is 9.21 Å². The molecule has 0 spiro atoms. The van der Waals surface area contributed by atoms with Crippen molar-refractivity contribution in [3.8, 4) is 5.75 Å². The molecule has 1 aliphatic heterocycles. The van der Waals surface area contributed by atoms with Crippen LogP contribution in [-0.4, -0.2) is 56.8 Å². The first-order valence-corrected chi connectivity index (χ1v) is 14.4. The third-order valence-corrected chi connectivity index (χ3v) is 8.94. The smallest absolute Gasteiger partial charge is 0.258 e. The van der Waals surface area contributed by atoms with E-state index in [1.54, 1.807) is 6.07 Å². The molecule has 1 aliphatic rings. The van der Waals surface area contributed by atoms with Gasteiger partial charge in [-0.2, -0.15) is 4.31 Å². The minimum absolute atomic E-state index is 0.00781. The lowest BCUT2D eigenvalue weighted by molar-refractivity contribution is 0.102. The van der Waals surface area contributed by atoms with Gasteiger partial charge in [0.15, 0.2) is 0 Å². The van der Waals surface area contributed by atoms with Gasteiger partial charge in [0.1, 0.15) is 11.6 Å². The van der Waals surface area contributed by atoms with Crippen molar-refractivity contribution in [2.45, 2.75) is 10.9 Å². The number of ether oxygens (including phenoxy) is 1. The highest BCUT2D eigenvalue weighted by atomic mass is 32.2. The Morgan fingerprint density at radius 1 is 0.825 bits per heavy atom. The number of piperazine rings is 1. The molecule has 0 saturated carbocycles. The van der Waals surface area contributed by atoms with Crippen molar-refractivity contribution in [3.05, 3.63) is 126 Å². The van der Waals surface area contributed by atoms with Crippen molar-refractivity contribution in [2.75, 3.05) is 38.6 Å². The molecule has 40 heavy (non-hydrogen) atoms. The van der Waals surface area contributed by atoms with E-state index in [-0.39, 0.29) is 27.9 Å². The summed E-state index contributed by atoms with van der Waals surface area (Å²) < 4.78 is 48.2. The molecular formula is C31H30FN3O4S.